The van der Waals surface area contributed by atoms with Crippen LogP contribution in [0.1, 0.15) is 16.8 Å². The summed E-state index contributed by atoms with van der Waals surface area (Å²) in [7, 11) is 0. The third-order valence-electron chi connectivity index (χ3n) is 3.40. The molecule has 4 nitrogen and oxygen atoms in total. The second kappa shape index (κ2) is 4.39. The minimum atomic E-state index is 0.867. The fourth-order valence-corrected chi connectivity index (χ4v) is 2.10. The number of fused-ring (bicyclic) bond motifs is 1. The van der Waals surface area contributed by atoms with E-state index in [4.69, 9.17) is 0 Å². The van der Waals surface area contributed by atoms with Crippen LogP contribution in [-0.4, -0.2) is 15.2 Å². The summed E-state index contributed by atoms with van der Waals surface area (Å²) in [5.74, 6) is 0.867. The first kappa shape index (κ1) is 11.7. The number of aromatic nitrogens is 3. The molecular formula is C15H16N4. The molecule has 3 aromatic rings. The number of aromatic amines is 1. The van der Waals surface area contributed by atoms with Crippen LogP contribution < -0.4 is 5.32 Å². The first-order valence-electron chi connectivity index (χ1n) is 6.29. The van der Waals surface area contributed by atoms with Crippen molar-refractivity contribution in [3.8, 4) is 0 Å². The monoisotopic (exact) mass is 252 g/mol. The number of aryl methyl sites for hydroxylation is 2. The lowest BCUT2D eigenvalue weighted by atomic mass is 10.1. The normalized spacial score (nSPS) is 10.9. The molecule has 19 heavy (non-hydrogen) atoms. The van der Waals surface area contributed by atoms with Crippen molar-refractivity contribution in [2.45, 2.75) is 20.8 Å². The Labute approximate surface area is 111 Å². The van der Waals surface area contributed by atoms with Gasteiger partial charge in [0.1, 0.15) is 0 Å². The van der Waals surface area contributed by atoms with E-state index >= 15 is 0 Å². The average Bonchev–Trinajstić information content (AvgIpc) is 2.71. The van der Waals surface area contributed by atoms with Crippen molar-refractivity contribution < 1.29 is 0 Å². The Balaban J connectivity index is 2.10. The van der Waals surface area contributed by atoms with Gasteiger partial charge in [0.15, 0.2) is 5.82 Å². The highest BCUT2D eigenvalue weighted by atomic mass is 15.2. The molecule has 0 aliphatic carbocycles. The van der Waals surface area contributed by atoms with Crippen molar-refractivity contribution in [2.24, 2.45) is 0 Å². The van der Waals surface area contributed by atoms with Gasteiger partial charge in [0.25, 0.3) is 0 Å². The highest BCUT2D eigenvalue weighted by Gasteiger charge is 2.08. The van der Waals surface area contributed by atoms with Crippen LogP contribution in [0.5, 0.6) is 0 Å². The molecule has 3 rings (SSSR count). The number of benzene rings is 1. The summed E-state index contributed by atoms with van der Waals surface area (Å²) >= 11 is 0. The molecular weight excluding hydrogens is 236 g/mol. The Morgan fingerprint density at radius 2 is 1.95 bits per heavy atom. The molecule has 4 heteroatoms. The fraction of sp³-hybridized carbons (Fsp3) is 0.200. The van der Waals surface area contributed by atoms with E-state index in [0.717, 1.165) is 33.7 Å². The summed E-state index contributed by atoms with van der Waals surface area (Å²) < 4.78 is 0. The summed E-state index contributed by atoms with van der Waals surface area (Å²) in [6.07, 6.45) is 1.81. The van der Waals surface area contributed by atoms with Gasteiger partial charge in [-0.3, -0.25) is 10.1 Å². The van der Waals surface area contributed by atoms with E-state index in [9.17, 15) is 0 Å². The number of anilines is 2. The van der Waals surface area contributed by atoms with Crippen molar-refractivity contribution in [3.63, 3.8) is 0 Å². The number of nitrogens with one attached hydrogen (secondary N) is 2. The molecule has 2 heterocycles. The molecule has 96 valence electrons. The van der Waals surface area contributed by atoms with Gasteiger partial charge in [-0.05, 0) is 39.0 Å². The molecule has 2 N–H and O–H groups in total. The zero-order valence-electron chi connectivity index (χ0n) is 11.3. The highest BCUT2D eigenvalue weighted by molar-refractivity contribution is 5.93. The zero-order chi connectivity index (χ0) is 13.4. The van der Waals surface area contributed by atoms with Crippen LogP contribution in [0, 0.1) is 20.8 Å². The molecule has 0 saturated heterocycles. The van der Waals surface area contributed by atoms with Gasteiger partial charge in [0, 0.05) is 22.8 Å². The molecule has 1 aromatic carbocycles. The predicted octanol–water partition coefficient (Wildman–Crippen LogP) is 3.63. The van der Waals surface area contributed by atoms with Crippen LogP contribution in [0.3, 0.4) is 0 Å². The van der Waals surface area contributed by atoms with Crippen LogP contribution in [0.4, 0.5) is 11.5 Å². The number of rotatable bonds is 2. The molecule has 0 spiro atoms. The Hall–Kier alpha value is -2.36. The number of hydrogen-bond donors (Lipinski definition) is 2. The SMILES string of the molecule is Cc1ccc2nccc(Nc3n[nH]c(C)c3C)c2c1. The van der Waals surface area contributed by atoms with Gasteiger partial charge in [-0.1, -0.05) is 11.6 Å². The molecule has 0 fully saturated rings. The molecule has 0 aliphatic heterocycles. The van der Waals surface area contributed by atoms with E-state index in [0.29, 0.717) is 0 Å². The summed E-state index contributed by atoms with van der Waals surface area (Å²) in [5, 5.41) is 11.8. The van der Waals surface area contributed by atoms with Crippen molar-refractivity contribution in [1.29, 1.82) is 0 Å². The standard InChI is InChI=1S/C15H16N4/c1-9-4-5-13-12(8-9)14(6-7-16-13)17-15-10(2)11(3)18-19-15/h4-8H,1-3H3,(H2,16,17,18,19). The van der Waals surface area contributed by atoms with E-state index in [-0.39, 0.29) is 0 Å². The molecule has 2 aromatic heterocycles. The van der Waals surface area contributed by atoms with Gasteiger partial charge in [-0.25, -0.2) is 0 Å². The van der Waals surface area contributed by atoms with Crippen molar-refractivity contribution >= 4 is 22.4 Å². The van der Waals surface area contributed by atoms with Crippen LogP contribution in [0.2, 0.25) is 0 Å². The molecule has 0 unspecified atom stereocenters. The maximum Gasteiger partial charge on any atom is 0.155 e. The lowest BCUT2D eigenvalue weighted by Crippen LogP contribution is -1.95. The van der Waals surface area contributed by atoms with Gasteiger partial charge < -0.3 is 5.32 Å². The first-order valence-corrected chi connectivity index (χ1v) is 6.29. The van der Waals surface area contributed by atoms with Crippen molar-refractivity contribution in [1.82, 2.24) is 15.2 Å². The minimum absolute atomic E-state index is 0.867. The van der Waals surface area contributed by atoms with Crippen molar-refractivity contribution in [2.75, 3.05) is 5.32 Å². The van der Waals surface area contributed by atoms with E-state index in [2.05, 4.69) is 46.5 Å². The van der Waals surface area contributed by atoms with E-state index in [1.54, 1.807) is 0 Å². The maximum absolute atomic E-state index is 4.38. The smallest absolute Gasteiger partial charge is 0.155 e. The van der Waals surface area contributed by atoms with Gasteiger partial charge >= 0.3 is 0 Å². The number of hydrogen-bond acceptors (Lipinski definition) is 3. The summed E-state index contributed by atoms with van der Waals surface area (Å²) in [4.78, 5) is 4.38. The largest absolute Gasteiger partial charge is 0.338 e. The number of H-pyrrole nitrogens is 1. The summed E-state index contributed by atoms with van der Waals surface area (Å²) in [6.45, 7) is 6.15. The maximum atomic E-state index is 4.38. The van der Waals surface area contributed by atoms with E-state index in [1.165, 1.54) is 5.56 Å². The van der Waals surface area contributed by atoms with Gasteiger partial charge in [-0.15, -0.1) is 0 Å². The lowest BCUT2D eigenvalue weighted by Gasteiger charge is -2.08. The van der Waals surface area contributed by atoms with Gasteiger partial charge in [0.05, 0.1) is 11.2 Å². The predicted molar refractivity (Wildman–Crippen MR) is 77.8 cm³/mol. The molecule has 0 aliphatic rings. The second-order valence-corrected chi connectivity index (χ2v) is 4.83. The summed E-state index contributed by atoms with van der Waals surface area (Å²) in [5.41, 5.74) is 5.46. The summed E-state index contributed by atoms with van der Waals surface area (Å²) in [6, 6.07) is 8.23. The quantitative estimate of drug-likeness (QED) is 0.732. The van der Waals surface area contributed by atoms with E-state index in [1.807, 2.05) is 25.3 Å². The third-order valence-corrected chi connectivity index (χ3v) is 3.40. The molecule has 0 radical (unpaired) electrons. The molecule has 0 amide bonds. The van der Waals surface area contributed by atoms with Crippen molar-refractivity contribution in [3.05, 3.63) is 47.3 Å². The Morgan fingerprint density at radius 3 is 2.68 bits per heavy atom. The average molecular weight is 252 g/mol. The number of nitrogens with zero attached hydrogens (tertiary/aromatic N) is 2. The Morgan fingerprint density at radius 1 is 1.11 bits per heavy atom. The fourth-order valence-electron chi connectivity index (χ4n) is 2.10. The molecule has 0 saturated carbocycles. The first-order chi connectivity index (χ1) is 9.15. The minimum Gasteiger partial charge on any atom is -0.338 e. The third kappa shape index (κ3) is 2.05. The van der Waals surface area contributed by atoms with E-state index < -0.39 is 0 Å². The van der Waals surface area contributed by atoms with Gasteiger partial charge in [0.2, 0.25) is 0 Å². The van der Waals surface area contributed by atoms with Crippen LogP contribution in [-0.2, 0) is 0 Å². The van der Waals surface area contributed by atoms with Crippen LogP contribution in [0.15, 0.2) is 30.5 Å². The Kier molecular flexibility index (Phi) is 2.71. The topological polar surface area (TPSA) is 53.6 Å². The zero-order valence-corrected chi connectivity index (χ0v) is 11.3. The number of pyridine rings is 1. The van der Waals surface area contributed by atoms with Crippen LogP contribution >= 0.6 is 0 Å². The molecule has 0 atom stereocenters. The highest BCUT2D eigenvalue weighted by Crippen LogP contribution is 2.26. The Bertz CT molecular complexity index is 743. The molecule has 0 bridgehead atoms. The van der Waals surface area contributed by atoms with Crippen LogP contribution in [0.25, 0.3) is 10.9 Å². The van der Waals surface area contributed by atoms with Gasteiger partial charge in [-0.2, -0.15) is 5.10 Å². The lowest BCUT2D eigenvalue weighted by molar-refractivity contribution is 1.05. The second-order valence-electron chi connectivity index (χ2n) is 4.83.